The van der Waals surface area contributed by atoms with Crippen LogP contribution in [0.4, 0.5) is 4.79 Å². The Morgan fingerprint density at radius 1 is 1.33 bits per heavy atom. The number of hydrogen-bond donors (Lipinski definition) is 1. The molecule has 4 rings (SSSR count). The summed E-state index contributed by atoms with van der Waals surface area (Å²) in [6, 6.07) is 0.447. The maximum absolute atomic E-state index is 12.8. The number of nitrogens with zero attached hydrogens (tertiary/aromatic N) is 2. The largest absolute Gasteiger partial charge is 0.492 e. The predicted molar refractivity (Wildman–Crippen MR) is 81.5 cm³/mol. The lowest BCUT2D eigenvalue weighted by molar-refractivity contribution is 0.0899. The number of fused-ring (bicyclic) bond motifs is 5. The monoisotopic (exact) mass is 331 g/mol. The van der Waals surface area contributed by atoms with E-state index in [0.29, 0.717) is 29.4 Å². The summed E-state index contributed by atoms with van der Waals surface area (Å²) in [6.07, 6.45) is -0.921. The summed E-state index contributed by atoms with van der Waals surface area (Å²) in [4.78, 5) is 38.8. The van der Waals surface area contributed by atoms with Gasteiger partial charge in [0.2, 0.25) is 11.6 Å². The van der Waals surface area contributed by atoms with Gasteiger partial charge in [0, 0.05) is 29.4 Å². The Kier molecular flexibility index (Phi) is 2.93. The van der Waals surface area contributed by atoms with Gasteiger partial charge in [-0.2, -0.15) is 0 Å². The molecule has 126 valence electrons. The van der Waals surface area contributed by atoms with E-state index in [2.05, 4.69) is 4.90 Å². The topological polar surface area (TPSA) is 104 Å². The van der Waals surface area contributed by atoms with Crippen molar-refractivity contribution < 1.29 is 23.9 Å². The zero-order chi connectivity index (χ0) is 17.3. The number of rotatable bonds is 3. The van der Waals surface area contributed by atoms with Gasteiger partial charge in [-0.25, -0.2) is 4.79 Å². The molecule has 1 amide bonds. The highest BCUT2D eigenvalue weighted by molar-refractivity contribution is 6.26. The molecule has 1 aromatic rings. The molecule has 0 bridgehead atoms. The van der Waals surface area contributed by atoms with Crippen LogP contribution in [0, 0.1) is 0 Å². The minimum Gasteiger partial charge on any atom is -0.492 e. The van der Waals surface area contributed by atoms with Crippen molar-refractivity contribution in [3.8, 4) is 0 Å². The Morgan fingerprint density at radius 3 is 2.67 bits per heavy atom. The summed E-state index contributed by atoms with van der Waals surface area (Å²) < 4.78 is 12.0. The van der Waals surface area contributed by atoms with Gasteiger partial charge in [-0.05, 0) is 14.0 Å². The van der Waals surface area contributed by atoms with Crippen LogP contribution in [0.3, 0.4) is 0 Å². The van der Waals surface area contributed by atoms with Gasteiger partial charge in [0.15, 0.2) is 5.76 Å². The van der Waals surface area contributed by atoms with E-state index >= 15 is 0 Å². The fourth-order valence-electron chi connectivity index (χ4n) is 3.99. The average molecular weight is 331 g/mol. The maximum atomic E-state index is 12.8. The highest BCUT2D eigenvalue weighted by atomic mass is 16.5. The number of carbonyl (C=O) groups excluding carboxylic acids is 3. The van der Waals surface area contributed by atoms with E-state index in [1.165, 1.54) is 7.11 Å². The molecule has 0 radical (unpaired) electrons. The van der Waals surface area contributed by atoms with E-state index in [1.807, 2.05) is 11.6 Å². The van der Waals surface area contributed by atoms with Gasteiger partial charge >= 0.3 is 6.09 Å². The average Bonchev–Trinajstić information content (AvgIpc) is 2.89. The smallest absolute Gasteiger partial charge is 0.404 e. The van der Waals surface area contributed by atoms with Crippen molar-refractivity contribution >= 4 is 17.7 Å². The van der Waals surface area contributed by atoms with E-state index in [-0.39, 0.29) is 35.5 Å². The number of aromatic nitrogens is 1. The first kappa shape index (κ1) is 14.9. The standard InChI is InChI=1S/C16H17N3O5/c1-6-13(20)12-9(14(21)15(6)23-3)7(5-24-16(17)22)10-11-8(18(11)2)4-19(10)12/h8,11H,4-5H2,1-3H3,(H2,17,22)/t8-,11-,18?/m1/s1. The van der Waals surface area contributed by atoms with Crippen molar-refractivity contribution in [2.75, 3.05) is 14.2 Å². The summed E-state index contributed by atoms with van der Waals surface area (Å²) in [5.74, 6) is -0.538. The number of nitrogens with two attached hydrogens (primary N) is 1. The summed E-state index contributed by atoms with van der Waals surface area (Å²) in [7, 11) is 3.35. The van der Waals surface area contributed by atoms with Crippen molar-refractivity contribution in [3.63, 3.8) is 0 Å². The van der Waals surface area contributed by atoms with Crippen molar-refractivity contribution in [2.45, 2.75) is 32.2 Å². The number of likely N-dealkylation sites (N-methyl/N-ethyl adjacent to an activating group) is 1. The molecular formula is C16H17N3O5. The van der Waals surface area contributed by atoms with Gasteiger partial charge in [-0.15, -0.1) is 0 Å². The van der Waals surface area contributed by atoms with E-state index in [0.717, 1.165) is 5.69 Å². The van der Waals surface area contributed by atoms with Crippen LogP contribution >= 0.6 is 0 Å². The third-order valence-corrected chi connectivity index (χ3v) is 5.19. The molecule has 8 nitrogen and oxygen atoms in total. The summed E-state index contributed by atoms with van der Waals surface area (Å²) in [5, 5.41) is 0. The molecule has 3 heterocycles. The second kappa shape index (κ2) is 4.70. The number of primary amides is 1. The number of carbonyl (C=O) groups is 3. The van der Waals surface area contributed by atoms with Crippen LogP contribution in [-0.2, 0) is 22.6 Å². The Morgan fingerprint density at radius 2 is 2.04 bits per heavy atom. The molecular weight excluding hydrogens is 314 g/mol. The van der Waals surface area contributed by atoms with Gasteiger partial charge < -0.3 is 19.8 Å². The fourth-order valence-corrected chi connectivity index (χ4v) is 3.99. The van der Waals surface area contributed by atoms with Crippen molar-refractivity contribution in [1.82, 2.24) is 9.47 Å². The third kappa shape index (κ3) is 1.68. The van der Waals surface area contributed by atoms with Crippen LogP contribution in [-0.4, -0.2) is 47.3 Å². The Bertz CT molecular complexity index is 850. The van der Waals surface area contributed by atoms with Gasteiger partial charge in [-0.3, -0.25) is 14.5 Å². The van der Waals surface area contributed by atoms with Crippen LogP contribution in [0.1, 0.15) is 45.1 Å². The molecule has 3 atom stereocenters. The normalized spacial score (nSPS) is 26.9. The molecule has 0 spiro atoms. The Hall–Kier alpha value is -2.61. The number of hydrogen-bond acceptors (Lipinski definition) is 6. The fraction of sp³-hybridized carbons (Fsp3) is 0.438. The van der Waals surface area contributed by atoms with Gasteiger partial charge in [-0.1, -0.05) is 0 Å². The number of ether oxygens (including phenoxy) is 2. The van der Waals surface area contributed by atoms with Crippen molar-refractivity contribution in [1.29, 1.82) is 0 Å². The number of methoxy groups -OCH3 is 1. The van der Waals surface area contributed by atoms with Gasteiger partial charge in [0.05, 0.1) is 18.7 Å². The lowest BCUT2D eigenvalue weighted by Gasteiger charge is -2.18. The van der Waals surface area contributed by atoms with Crippen LogP contribution in [0.15, 0.2) is 11.3 Å². The molecule has 3 aliphatic rings. The molecule has 24 heavy (non-hydrogen) atoms. The van der Waals surface area contributed by atoms with Crippen LogP contribution in [0.25, 0.3) is 0 Å². The van der Waals surface area contributed by atoms with Crippen LogP contribution in [0.5, 0.6) is 0 Å². The molecule has 1 unspecified atom stereocenters. The van der Waals surface area contributed by atoms with E-state index < -0.39 is 6.09 Å². The van der Waals surface area contributed by atoms with Crippen LogP contribution < -0.4 is 5.73 Å². The second-order valence-corrected chi connectivity index (χ2v) is 6.30. The zero-order valence-electron chi connectivity index (χ0n) is 13.6. The number of amides is 1. The zero-order valence-corrected chi connectivity index (χ0v) is 13.6. The van der Waals surface area contributed by atoms with Crippen molar-refractivity contribution in [2.24, 2.45) is 5.73 Å². The molecule has 1 fully saturated rings. The first-order valence-corrected chi connectivity index (χ1v) is 7.62. The third-order valence-electron chi connectivity index (χ3n) is 5.19. The quantitative estimate of drug-likeness (QED) is 0.820. The van der Waals surface area contributed by atoms with E-state index in [4.69, 9.17) is 15.2 Å². The predicted octanol–water partition coefficient (Wildman–Crippen LogP) is 0.752. The summed E-state index contributed by atoms with van der Waals surface area (Å²) >= 11 is 0. The molecule has 2 N–H and O–H groups in total. The minimum atomic E-state index is -0.921. The van der Waals surface area contributed by atoms with Crippen molar-refractivity contribution in [3.05, 3.63) is 33.8 Å². The second-order valence-electron chi connectivity index (χ2n) is 6.30. The lowest BCUT2D eigenvalue weighted by Crippen LogP contribution is -2.25. The number of Topliss-reactive ketones (excluding diaryl/α,β-unsaturated/α-hetero) is 2. The van der Waals surface area contributed by atoms with Gasteiger partial charge in [0.25, 0.3) is 0 Å². The SMILES string of the molecule is COC1=C(C)C(=O)c2c(c(COC(N)=O)c3n2C[C@@H]2[C@H]3N2C)C1=O. The highest BCUT2D eigenvalue weighted by Crippen LogP contribution is 2.52. The minimum absolute atomic E-state index is 0.0396. The molecule has 1 aromatic heterocycles. The first-order valence-electron chi connectivity index (χ1n) is 7.62. The number of ketones is 2. The molecule has 0 aromatic carbocycles. The molecule has 1 saturated heterocycles. The molecule has 0 saturated carbocycles. The molecule has 2 aliphatic heterocycles. The van der Waals surface area contributed by atoms with Gasteiger partial charge in [0.1, 0.15) is 12.3 Å². The first-order chi connectivity index (χ1) is 11.4. The molecule has 1 aliphatic carbocycles. The van der Waals surface area contributed by atoms with Crippen LogP contribution in [0.2, 0.25) is 0 Å². The summed E-state index contributed by atoms with van der Waals surface area (Å²) in [5.41, 5.74) is 7.44. The molecule has 8 heteroatoms. The highest BCUT2D eigenvalue weighted by Gasteiger charge is 2.56. The van der Waals surface area contributed by atoms with E-state index in [9.17, 15) is 14.4 Å². The Balaban J connectivity index is 1.92. The summed E-state index contributed by atoms with van der Waals surface area (Å²) in [6.45, 7) is 2.10. The maximum Gasteiger partial charge on any atom is 0.404 e. The van der Waals surface area contributed by atoms with E-state index in [1.54, 1.807) is 6.92 Å². The number of allylic oxidation sites excluding steroid dienone is 2. The lowest BCUT2D eigenvalue weighted by atomic mass is 9.91. The Labute approximate surface area is 137 Å².